The van der Waals surface area contributed by atoms with Gasteiger partial charge < -0.3 is 11.1 Å². The van der Waals surface area contributed by atoms with Crippen molar-refractivity contribution in [3.8, 4) is 0 Å². The summed E-state index contributed by atoms with van der Waals surface area (Å²) < 4.78 is 0. The molecule has 1 aromatic rings. The van der Waals surface area contributed by atoms with E-state index in [0.29, 0.717) is 12.0 Å². The number of nitrogens with two attached hydrogens (primary N) is 1. The maximum absolute atomic E-state index is 5.50. The first-order valence-electron chi connectivity index (χ1n) is 4.52. The third kappa shape index (κ3) is 1.71. The number of hydrogen-bond acceptors (Lipinski definition) is 4. The van der Waals surface area contributed by atoms with Crippen molar-refractivity contribution in [3.05, 3.63) is 11.8 Å². The molecular weight excluding hydrogens is 164 g/mol. The molecule has 0 radical (unpaired) electrons. The zero-order valence-electron chi connectivity index (χ0n) is 7.91. The van der Waals surface area contributed by atoms with Gasteiger partial charge in [-0.2, -0.15) is 4.98 Å². The minimum absolute atomic E-state index is 0.335. The lowest BCUT2D eigenvalue weighted by Crippen LogP contribution is -2.08. The molecule has 1 aliphatic carbocycles. The van der Waals surface area contributed by atoms with Crippen LogP contribution in [0.5, 0.6) is 0 Å². The Kier molecular flexibility index (Phi) is 1.83. The maximum atomic E-state index is 5.50. The first-order chi connectivity index (χ1) is 6.16. The van der Waals surface area contributed by atoms with Crippen molar-refractivity contribution in [1.82, 2.24) is 9.97 Å². The van der Waals surface area contributed by atoms with Crippen LogP contribution >= 0.6 is 0 Å². The van der Waals surface area contributed by atoms with E-state index in [9.17, 15) is 0 Å². The Morgan fingerprint density at radius 1 is 1.62 bits per heavy atom. The summed E-state index contributed by atoms with van der Waals surface area (Å²) in [5, 5.41) is 3.34. The van der Waals surface area contributed by atoms with Gasteiger partial charge in [-0.3, -0.25) is 0 Å². The smallest absolute Gasteiger partial charge is 0.221 e. The van der Waals surface area contributed by atoms with E-state index in [0.717, 1.165) is 17.3 Å². The van der Waals surface area contributed by atoms with Gasteiger partial charge in [-0.25, -0.2) is 4.98 Å². The number of nitrogens with one attached hydrogen (secondary N) is 1. The number of nitrogen functional groups attached to an aromatic ring is 1. The number of aromatic nitrogens is 2. The summed E-state index contributed by atoms with van der Waals surface area (Å²) in [5.74, 6) is 1.97. The molecule has 3 N–H and O–H groups in total. The minimum atomic E-state index is 0.335. The Morgan fingerprint density at radius 2 is 2.31 bits per heavy atom. The van der Waals surface area contributed by atoms with Gasteiger partial charge in [0, 0.05) is 17.8 Å². The molecule has 0 spiro atoms. The SMILES string of the molecule is Cc1cnc(N)nc1NC1CC1C. The van der Waals surface area contributed by atoms with Gasteiger partial charge in [-0.1, -0.05) is 6.92 Å². The van der Waals surface area contributed by atoms with Crippen molar-refractivity contribution in [3.63, 3.8) is 0 Å². The molecule has 1 saturated carbocycles. The van der Waals surface area contributed by atoms with E-state index in [1.54, 1.807) is 6.20 Å². The molecule has 4 nitrogen and oxygen atoms in total. The van der Waals surface area contributed by atoms with E-state index < -0.39 is 0 Å². The second-order valence-electron chi connectivity index (χ2n) is 3.72. The zero-order chi connectivity index (χ0) is 9.42. The van der Waals surface area contributed by atoms with Crippen molar-refractivity contribution in [1.29, 1.82) is 0 Å². The molecule has 70 valence electrons. The van der Waals surface area contributed by atoms with Crippen LogP contribution in [0.25, 0.3) is 0 Å². The maximum Gasteiger partial charge on any atom is 0.221 e. The molecule has 0 aromatic carbocycles. The van der Waals surface area contributed by atoms with Crippen LogP contribution in [0.15, 0.2) is 6.20 Å². The normalized spacial score (nSPS) is 25.7. The van der Waals surface area contributed by atoms with E-state index in [4.69, 9.17) is 5.73 Å². The highest BCUT2D eigenvalue weighted by Crippen LogP contribution is 2.32. The second kappa shape index (κ2) is 2.87. The fourth-order valence-electron chi connectivity index (χ4n) is 1.30. The predicted octanol–water partition coefficient (Wildman–Crippen LogP) is 1.19. The van der Waals surface area contributed by atoms with Crippen LogP contribution < -0.4 is 11.1 Å². The van der Waals surface area contributed by atoms with Gasteiger partial charge in [-0.15, -0.1) is 0 Å². The Balaban J connectivity index is 2.14. The minimum Gasteiger partial charge on any atom is -0.368 e. The van der Waals surface area contributed by atoms with Gasteiger partial charge in [0.1, 0.15) is 5.82 Å². The Hall–Kier alpha value is -1.32. The summed E-state index contributed by atoms with van der Waals surface area (Å²) in [6.45, 7) is 4.20. The molecule has 1 fully saturated rings. The molecule has 0 bridgehead atoms. The van der Waals surface area contributed by atoms with Crippen molar-refractivity contribution in [2.24, 2.45) is 5.92 Å². The largest absolute Gasteiger partial charge is 0.368 e. The third-order valence-electron chi connectivity index (χ3n) is 2.42. The molecule has 1 aliphatic rings. The van der Waals surface area contributed by atoms with Gasteiger partial charge in [0.05, 0.1) is 0 Å². The van der Waals surface area contributed by atoms with Gasteiger partial charge in [-0.05, 0) is 19.3 Å². The number of aryl methyl sites for hydroxylation is 1. The summed E-state index contributed by atoms with van der Waals surface area (Å²) in [6.07, 6.45) is 2.97. The van der Waals surface area contributed by atoms with Crippen LogP contribution in [0.2, 0.25) is 0 Å². The molecule has 0 amide bonds. The molecule has 2 atom stereocenters. The fraction of sp³-hybridized carbons (Fsp3) is 0.556. The van der Waals surface area contributed by atoms with Gasteiger partial charge >= 0.3 is 0 Å². The average molecular weight is 178 g/mol. The van der Waals surface area contributed by atoms with Gasteiger partial charge in [0.25, 0.3) is 0 Å². The van der Waals surface area contributed by atoms with Crippen molar-refractivity contribution in [2.75, 3.05) is 11.1 Å². The zero-order valence-corrected chi connectivity index (χ0v) is 7.91. The van der Waals surface area contributed by atoms with E-state index in [1.807, 2.05) is 6.92 Å². The molecule has 2 unspecified atom stereocenters. The molecule has 13 heavy (non-hydrogen) atoms. The monoisotopic (exact) mass is 178 g/mol. The summed E-state index contributed by atoms with van der Waals surface area (Å²) in [5.41, 5.74) is 6.55. The molecule has 4 heteroatoms. The molecule has 2 rings (SSSR count). The Bertz CT molecular complexity index is 323. The van der Waals surface area contributed by atoms with Gasteiger partial charge in [0.15, 0.2) is 0 Å². The van der Waals surface area contributed by atoms with Crippen molar-refractivity contribution in [2.45, 2.75) is 26.3 Å². The summed E-state index contributed by atoms with van der Waals surface area (Å²) in [6, 6.07) is 0.577. The van der Waals surface area contributed by atoms with Crippen LogP contribution in [-0.4, -0.2) is 16.0 Å². The van der Waals surface area contributed by atoms with E-state index in [2.05, 4.69) is 22.2 Å². The number of hydrogen-bond donors (Lipinski definition) is 2. The molecule has 1 aromatic heterocycles. The lowest BCUT2D eigenvalue weighted by Gasteiger charge is -2.06. The Labute approximate surface area is 77.6 Å². The van der Waals surface area contributed by atoms with Crippen molar-refractivity contribution >= 4 is 11.8 Å². The highest BCUT2D eigenvalue weighted by molar-refractivity contribution is 5.46. The lowest BCUT2D eigenvalue weighted by atomic mass is 10.3. The number of rotatable bonds is 2. The van der Waals surface area contributed by atoms with Crippen LogP contribution in [0.1, 0.15) is 18.9 Å². The summed E-state index contributed by atoms with van der Waals surface area (Å²) >= 11 is 0. The molecular formula is C9H14N4. The fourth-order valence-corrected chi connectivity index (χ4v) is 1.30. The van der Waals surface area contributed by atoms with Crippen LogP contribution in [0, 0.1) is 12.8 Å². The Morgan fingerprint density at radius 3 is 2.92 bits per heavy atom. The van der Waals surface area contributed by atoms with Crippen LogP contribution in [0.3, 0.4) is 0 Å². The molecule has 0 saturated heterocycles. The highest BCUT2D eigenvalue weighted by atomic mass is 15.1. The van der Waals surface area contributed by atoms with Crippen molar-refractivity contribution < 1.29 is 0 Å². The van der Waals surface area contributed by atoms with Crippen LogP contribution in [-0.2, 0) is 0 Å². The summed E-state index contributed by atoms with van der Waals surface area (Å²) in [7, 11) is 0. The van der Waals surface area contributed by atoms with E-state index >= 15 is 0 Å². The average Bonchev–Trinajstić information content (AvgIpc) is 2.75. The highest BCUT2D eigenvalue weighted by Gasteiger charge is 2.32. The van der Waals surface area contributed by atoms with Crippen LogP contribution in [0.4, 0.5) is 11.8 Å². The topological polar surface area (TPSA) is 63.8 Å². The van der Waals surface area contributed by atoms with Gasteiger partial charge in [0.2, 0.25) is 5.95 Å². The second-order valence-corrected chi connectivity index (χ2v) is 3.72. The summed E-state index contributed by atoms with van der Waals surface area (Å²) in [4.78, 5) is 8.06. The first kappa shape index (κ1) is 8.29. The van der Waals surface area contributed by atoms with E-state index in [-0.39, 0.29) is 0 Å². The number of nitrogens with zero attached hydrogens (tertiary/aromatic N) is 2. The standard InChI is InChI=1S/C9H14N4/c1-5-3-7(5)12-8-6(2)4-11-9(10)13-8/h4-5,7H,3H2,1-2H3,(H3,10,11,12,13). The predicted molar refractivity (Wildman–Crippen MR) is 52.4 cm³/mol. The van der Waals surface area contributed by atoms with E-state index in [1.165, 1.54) is 6.42 Å². The molecule has 1 heterocycles. The lowest BCUT2D eigenvalue weighted by molar-refractivity contribution is 0.920. The number of anilines is 2. The molecule has 0 aliphatic heterocycles. The quantitative estimate of drug-likeness (QED) is 0.714. The third-order valence-corrected chi connectivity index (χ3v) is 2.42. The first-order valence-corrected chi connectivity index (χ1v) is 4.52.